The normalized spacial score (nSPS) is 26.2. The summed E-state index contributed by atoms with van der Waals surface area (Å²) in [6.45, 7) is 2.71. The predicted octanol–water partition coefficient (Wildman–Crippen LogP) is 1.13. The second-order valence-electron chi connectivity index (χ2n) is 6.07. The number of carbonyl (C=O) groups excluding carboxylic acids is 1. The molecule has 3 rings (SSSR count). The van der Waals surface area contributed by atoms with Gasteiger partial charge in [0.05, 0.1) is 30.1 Å². The molecule has 0 spiro atoms. The van der Waals surface area contributed by atoms with Crippen LogP contribution in [0, 0.1) is 12.8 Å². The van der Waals surface area contributed by atoms with Crippen molar-refractivity contribution in [3.63, 3.8) is 0 Å². The molecule has 0 unspecified atom stereocenters. The number of halogens is 1. The SMILES string of the molecule is Cc1cc(Cl)ccc1S(=O)(=O)N1C[C@@H]2COC[C@H](C1)N(C)C2=O. The van der Waals surface area contributed by atoms with Gasteiger partial charge in [-0.05, 0) is 30.7 Å². The molecule has 2 fully saturated rings. The summed E-state index contributed by atoms with van der Waals surface area (Å²) in [5.74, 6) is -0.520. The topological polar surface area (TPSA) is 66.9 Å². The Morgan fingerprint density at radius 3 is 2.70 bits per heavy atom. The number of ether oxygens (including phenoxy) is 1. The van der Waals surface area contributed by atoms with Gasteiger partial charge in [0.25, 0.3) is 0 Å². The Labute approximate surface area is 141 Å². The summed E-state index contributed by atoms with van der Waals surface area (Å²) in [6, 6.07) is 4.46. The highest BCUT2D eigenvalue weighted by Crippen LogP contribution is 2.27. The molecule has 1 aromatic carbocycles. The molecule has 0 aliphatic carbocycles. The molecule has 2 bridgehead atoms. The van der Waals surface area contributed by atoms with Crippen molar-refractivity contribution in [2.45, 2.75) is 17.9 Å². The molecular formula is C15H19ClN2O4S. The zero-order chi connectivity index (χ0) is 16.8. The molecule has 1 amide bonds. The molecule has 2 heterocycles. The maximum absolute atomic E-state index is 13.0. The summed E-state index contributed by atoms with van der Waals surface area (Å²) in [5, 5.41) is 0.498. The van der Waals surface area contributed by atoms with Crippen LogP contribution in [0.15, 0.2) is 23.1 Å². The van der Waals surface area contributed by atoms with Gasteiger partial charge in [0.1, 0.15) is 0 Å². The molecule has 0 aromatic heterocycles. The average Bonchev–Trinajstić information content (AvgIpc) is 2.64. The molecule has 2 aliphatic heterocycles. The zero-order valence-corrected chi connectivity index (χ0v) is 14.6. The first-order valence-electron chi connectivity index (χ1n) is 7.41. The Kier molecular flexibility index (Phi) is 4.39. The number of fused-ring (bicyclic) bond motifs is 3. The van der Waals surface area contributed by atoms with Gasteiger partial charge in [-0.25, -0.2) is 8.42 Å². The number of hydrogen-bond donors (Lipinski definition) is 0. The molecule has 0 N–H and O–H groups in total. The van der Waals surface area contributed by atoms with E-state index in [1.54, 1.807) is 31.0 Å². The van der Waals surface area contributed by atoms with Gasteiger partial charge in [0.15, 0.2) is 0 Å². The first-order chi connectivity index (χ1) is 10.8. The number of rotatable bonds is 2. The van der Waals surface area contributed by atoms with Gasteiger partial charge in [-0.2, -0.15) is 4.31 Å². The van der Waals surface area contributed by atoms with Crippen molar-refractivity contribution in [2.24, 2.45) is 5.92 Å². The van der Waals surface area contributed by atoms with Crippen LogP contribution in [0.1, 0.15) is 5.56 Å². The quantitative estimate of drug-likeness (QED) is 0.794. The summed E-state index contributed by atoms with van der Waals surface area (Å²) < 4.78 is 33.0. The largest absolute Gasteiger partial charge is 0.378 e. The van der Waals surface area contributed by atoms with E-state index in [1.807, 2.05) is 0 Å². The van der Waals surface area contributed by atoms with Crippen molar-refractivity contribution in [1.82, 2.24) is 9.21 Å². The smallest absolute Gasteiger partial charge is 0.243 e. The van der Waals surface area contributed by atoms with Crippen LogP contribution in [0.3, 0.4) is 0 Å². The van der Waals surface area contributed by atoms with E-state index in [2.05, 4.69) is 0 Å². The van der Waals surface area contributed by atoms with Crippen LogP contribution in [-0.4, -0.2) is 62.9 Å². The second kappa shape index (κ2) is 6.05. The lowest BCUT2D eigenvalue weighted by atomic mass is 10.1. The van der Waals surface area contributed by atoms with Crippen molar-refractivity contribution in [2.75, 3.05) is 33.4 Å². The highest BCUT2D eigenvalue weighted by Gasteiger charge is 2.41. The van der Waals surface area contributed by atoms with Crippen molar-refractivity contribution < 1.29 is 17.9 Å². The van der Waals surface area contributed by atoms with Gasteiger partial charge in [0.2, 0.25) is 15.9 Å². The number of nitrogens with zero attached hydrogens (tertiary/aromatic N) is 2. The van der Waals surface area contributed by atoms with Crippen molar-refractivity contribution >= 4 is 27.5 Å². The lowest BCUT2D eigenvalue weighted by Crippen LogP contribution is -2.45. The van der Waals surface area contributed by atoms with Gasteiger partial charge in [-0.15, -0.1) is 0 Å². The number of sulfonamides is 1. The second-order valence-corrected chi connectivity index (χ2v) is 8.41. The molecular weight excluding hydrogens is 340 g/mol. The lowest BCUT2D eigenvalue weighted by molar-refractivity contribution is -0.133. The number of amides is 1. The van der Waals surface area contributed by atoms with Crippen molar-refractivity contribution in [3.05, 3.63) is 28.8 Å². The highest BCUT2D eigenvalue weighted by molar-refractivity contribution is 7.89. The standard InChI is InChI=1S/C15H19ClN2O4S/c1-10-5-12(16)3-4-14(10)23(20,21)18-6-11-8-22-9-13(7-18)17(2)15(11)19/h3-5,11,13H,6-9H2,1-2H3/t11-,13+/m1/s1. The van der Waals surface area contributed by atoms with Gasteiger partial charge < -0.3 is 9.64 Å². The Morgan fingerprint density at radius 2 is 2.00 bits per heavy atom. The molecule has 2 atom stereocenters. The third kappa shape index (κ3) is 2.98. The van der Waals surface area contributed by atoms with E-state index < -0.39 is 15.9 Å². The van der Waals surface area contributed by atoms with E-state index in [9.17, 15) is 13.2 Å². The Hall–Kier alpha value is -1.15. The van der Waals surface area contributed by atoms with Crippen LogP contribution in [0.5, 0.6) is 0 Å². The van der Waals surface area contributed by atoms with Crippen LogP contribution in [0.25, 0.3) is 0 Å². The maximum Gasteiger partial charge on any atom is 0.243 e. The average molecular weight is 359 g/mol. The van der Waals surface area contributed by atoms with Crippen LogP contribution < -0.4 is 0 Å². The van der Waals surface area contributed by atoms with Crippen molar-refractivity contribution in [1.29, 1.82) is 0 Å². The van der Waals surface area contributed by atoms with Crippen LogP contribution in [0.4, 0.5) is 0 Å². The van der Waals surface area contributed by atoms with Gasteiger partial charge in [-0.1, -0.05) is 11.6 Å². The first-order valence-corrected chi connectivity index (χ1v) is 9.23. The number of carbonyl (C=O) groups is 1. The molecule has 8 heteroatoms. The third-order valence-electron chi connectivity index (χ3n) is 4.47. The van der Waals surface area contributed by atoms with Crippen LogP contribution >= 0.6 is 11.6 Å². The van der Waals surface area contributed by atoms with E-state index in [0.717, 1.165) is 0 Å². The first kappa shape index (κ1) is 16.7. The van der Waals surface area contributed by atoms with E-state index in [0.29, 0.717) is 17.2 Å². The lowest BCUT2D eigenvalue weighted by Gasteiger charge is -2.29. The minimum absolute atomic E-state index is 0.0574. The van der Waals surface area contributed by atoms with E-state index in [-0.39, 0.29) is 36.5 Å². The summed E-state index contributed by atoms with van der Waals surface area (Å²) in [6.07, 6.45) is 0. The Balaban J connectivity index is 1.99. The number of likely N-dealkylation sites (N-methyl/N-ethyl adjacent to an activating group) is 1. The van der Waals surface area contributed by atoms with Crippen LogP contribution in [-0.2, 0) is 19.6 Å². The fourth-order valence-corrected chi connectivity index (χ4v) is 5.05. The number of benzene rings is 1. The molecule has 0 radical (unpaired) electrons. The minimum Gasteiger partial charge on any atom is -0.378 e. The minimum atomic E-state index is -3.68. The predicted molar refractivity (Wildman–Crippen MR) is 85.8 cm³/mol. The maximum atomic E-state index is 13.0. The summed E-state index contributed by atoms with van der Waals surface area (Å²) in [5.41, 5.74) is 0.600. The molecule has 0 saturated carbocycles. The van der Waals surface area contributed by atoms with Gasteiger partial charge in [0, 0.05) is 25.2 Å². The molecule has 6 nitrogen and oxygen atoms in total. The zero-order valence-electron chi connectivity index (χ0n) is 13.0. The van der Waals surface area contributed by atoms with Crippen molar-refractivity contribution in [3.8, 4) is 0 Å². The molecule has 2 aliphatic rings. The van der Waals surface area contributed by atoms with E-state index in [1.165, 1.54) is 10.4 Å². The molecule has 23 heavy (non-hydrogen) atoms. The van der Waals surface area contributed by atoms with Gasteiger partial charge in [-0.3, -0.25) is 4.79 Å². The van der Waals surface area contributed by atoms with E-state index >= 15 is 0 Å². The Bertz CT molecular complexity index is 737. The fraction of sp³-hybridized carbons (Fsp3) is 0.533. The Morgan fingerprint density at radius 1 is 1.26 bits per heavy atom. The number of hydrogen-bond acceptors (Lipinski definition) is 4. The summed E-state index contributed by atoms with van der Waals surface area (Å²) in [4.78, 5) is 14.2. The number of aryl methyl sites for hydroxylation is 1. The fourth-order valence-electron chi connectivity index (χ4n) is 3.10. The van der Waals surface area contributed by atoms with E-state index in [4.69, 9.17) is 16.3 Å². The third-order valence-corrected chi connectivity index (χ3v) is 6.69. The summed E-state index contributed by atoms with van der Waals surface area (Å²) in [7, 11) is -1.97. The highest BCUT2D eigenvalue weighted by atomic mass is 35.5. The monoisotopic (exact) mass is 358 g/mol. The van der Waals surface area contributed by atoms with Crippen LogP contribution in [0.2, 0.25) is 5.02 Å². The molecule has 126 valence electrons. The molecule has 2 saturated heterocycles. The summed E-state index contributed by atoms with van der Waals surface area (Å²) >= 11 is 5.92. The van der Waals surface area contributed by atoms with Gasteiger partial charge >= 0.3 is 0 Å². The molecule has 1 aromatic rings.